The number of rotatable bonds is 8. The van der Waals surface area contributed by atoms with E-state index in [4.69, 9.17) is 0 Å². The van der Waals surface area contributed by atoms with E-state index in [0.717, 1.165) is 27.8 Å². The van der Waals surface area contributed by atoms with Gasteiger partial charge in [0.1, 0.15) is 16.8 Å². The summed E-state index contributed by atoms with van der Waals surface area (Å²) in [5.74, 6) is -0.443. The van der Waals surface area contributed by atoms with E-state index in [-0.39, 0.29) is 25.9 Å². The molecule has 3 atom stereocenters. The molecular weight excluding hydrogens is 542 g/mol. The average Bonchev–Trinajstić information content (AvgIpc) is 3.42. The van der Waals surface area contributed by atoms with Gasteiger partial charge in [0.05, 0.1) is 6.54 Å². The first-order chi connectivity index (χ1) is 17.3. The maximum absolute atomic E-state index is 13.9. The lowest BCUT2D eigenvalue weighted by Gasteiger charge is -2.36. The van der Waals surface area contributed by atoms with Gasteiger partial charge >= 0.3 is 12.5 Å². The summed E-state index contributed by atoms with van der Waals surface area (Å²) >= 11 is -1.25. The van der Waals surface area contributed by atoms with Gasteiger partial charge in [-0.25, -0.2) is 4.21 Å². The Morgan fingerprint density at radius 1 is 1.14 bits per heavy atom. The van der Waals surface area contributed by atoms with Crippen LogP contribution in [0.5, 0.6) is 5.75 Å². The van der Waals surface area contributed by atoms with Crippen molar-refractivity contribution in [3.05, 3.63) is 59.7 Å². The predicted molar refractivity (Wildman–Crippen MR) is 131 cm³/mol. The van der Waals surface area contributed by atoms with Crippen LogP contribution in [0.2, 0.25) is 0 Å². The molecule has 0 amide bonds. The van der Waals surface area contributed by atoms with E-state index in [2.05, 4.69) is 4.74 Å². The lowest BCUT2D eigenvalue weighted by Crippen LogP contribution is -2.52. The molecule has 4 rings (SSSR count). The molecule has 1 aromatic heterocycles. The van der Waals surface area contributed by atoms with Crippen molar-refractivity contribution in [1.29, 1.82) is 0 Å². The van der Waals surface area contributed by atoms with E-state index in [0.29, 0.717) is 17.0 Å². The van der Waals surface area contributed by atoms with Gasteiger partial charge in [-0.2, -0.15) is 13.2 Å². The topological polar surface area (TPSA) is 53.0 Å². The Hall–Kier alpha value is -2.35. The molecule has 1 aliphatic rings. The van der Waals surface area contributed by atoms with E-state index in [9.17, 15) is 35.1 Å². The van der Waals surface area contributed by atoms with E-state index in [1.54, 1.807) is 6.92 Å². The van der Waals surface area contributed by atoms with Crippen LogP contribution in [-0.4, -0.2) is 51.4 Å². The SMILES string of the molecule is Cc1c(N(CC(Cc2ccc(OC(F)(F)F)cc2)N2CCCC2C(F)(F)F)S(=O)O)sc2ccccc12. The van der Waals surface area contributed by atoms with Crippen molar-refractivity contribution in [2.45, 2.75) is 50.8 Å². The minimum Gasteiger partial charge on any atom is -0.406 e. The summed E-state index contributed by atoms with van der Waals surface area (Å²) < 4.78 is 108. The molecule has 0 saturated carbocycles. The van der Waals surface area contributed by atoms with Crippen LogP contribution in [0.1, 0.15) is 24.0 Å². The molecule has 1 fully saturated rings. The van der Waals surface area contributed by atoms with Gasteiger partial charge in [0.2, 0.25) is 0 Å². The van der Waals surface area contributed by atoms with Crippen LogP contribution in [0.25, 0.3) is 10.1 Å². The number of ether oxygens (including phenoxy) is 1. The van der Waals surface area contributed by atoms with Crippen molar-refractivity contribution in [1.82, 2.24) is 4.90 Å². The Kier molecular flexibility index (Phi) is 8.07. The third-order valence-corrected chi connectivity index (χ3v) is 8.50. The number of hydrogen-bond donors (Lipinski definition) is 1. The standard InChI is InChI=1S/C24H24F6N2O3S2/c1-15-19-5-2-3-6-20(19)36-22(15)32(37(33)34)14-17(31-12-4-7-21(31)23(25,26)27)13-16-8-10-18(11-9-16)35-24(28,29)30/h2-3,5-6,8-11,17,21H,4,7,12-14H2,1H3,(H,33,34). The van der Waals surface area contributed by atoms with Gasteiger partial charge in [-0.15, -0.1) is 24.5 Å². The Morgan fingerprint density at radius 2 is 1.81 bits per heavy atom. The summed E-state index contributed by atoms with van der Waals surface area (Å²) in [6, 6.07) is 9.74. The highest BCUT2D eigenvalue weighted by Gasteiger charge is 2.48. The second kappa shape index (κ2) is 10.8. The molecule has 37 heavy (non-hydrogen) atoms. The number of nitrogens with zero attached hydrogens (tertiary/aromatic N) is 2. The summed E-state index contributed by atoms with van der Waals surface area (Å²) in [7, 11) is 0. The van der Waals surface area contributed by atoms with Gasteiger partial charge in [0.25, 0.3) is 11.3 Å². The molecule has 1 saturated heterocycles. The van der Waals surface area contributed by atoms with Crippen LogP contribution in [0, 0.1) is 6.92 Å². The first-order valence-electron chi connectivity index (χ1n) is 11.4. The second-order valence-electron chi connectivity index (χ2n) is 8.81. The first kappa shape index (κ1) is 27.7. The number of thiophene rings is 1. The van der Waals surface area contributed by atoms with Crippen molar-refractivity contribution in [3.8, 4) is 5.75 Å². The third kappa shape index (κ3) is 6.57. The largest absolute Gasteiger partial charge is 0.573 e. The van der Waals surface area contributed by atoms with Crippen molar-refractivity contribution in [2.75, 3.05) is 17.4 Å². The second-order valence-corrected chi connectivity index (χ2v) is 10.7. The highest BCUT2D eigenvalue weighted by molar-refractivity contribution is 7.81. The molecule has 2 heterocycles. The van der Waals surface area contributed by atoms with Crippen LogP contribution in [0.3, 0.4) is 0 Å². The predicted octanol–water partition coefficient (Wildman–Crippen LogP) is 6.69. The van der Waals surface area contributed by atoms with E-state index in [1.807, 2.05) is 24.3 Å². The molecule has 0 bridgehead atoms. The zero-order valence-corrected chi connectivity index (χ0v) is 21.2. The maximum atomic E-state index is 13.9. The van der Waals surface area contributed by atoms with Gasteiger partial charge < -0.3 is 4.74 Å². The van der Waals surface area contributed by atoms with Crippen LogP contribution in [0.4, 0.5) is 31.3 Å². The minimum absolute atomic E-state index is 0.0243. The Bertz CT molecular complexity index is 1250. The lowest BCUT2D eigenvalue weighted by atomic mass is 10.0. The molecule has 1 N–H and O–H groups in total. The molecule has 5 nitrogen and oxygen atoms in total. The first-order valence-corrected chi connectivity index (χ1v) is 13.3. The zero-order chi connectivity index (χ0) is 27.0. The molecule has 2 aromatic carbocycles. The number of hydrogen-bond acceptors (Lipinski definition) is 4. The smallest absolute Gasteiger partial charge is 0.406 e. The highest BCUT2D eigenvalue weighted by atomic mass is 32.2. The third-order valence-electron chi connectivity index (χ3n) is 6.38. The Morgan fingerprint density at radius 3 is 2.41 bits per heavy atom. The molecule has 0 aliphatic carbocycles. The monoisotopic (exact) mass is 566 g/mol. The number of aryl methyl sites for hydroxylation is 1. The molecule has 202 valence electrons. The normalized spacial score (nSPS) is 18.8. The fraction of sp³-hybridized carbons (Fsp3) is 0.417. The number of benzene rings is 2. The zero-order valence-electron chi connectivity index (χ0n) is 19.6. The van der Waals surface area contributed by atoms with Crippen LogP contribution >= 0.6 is 11.3 Å². The molecule has 0 radical (unpaired) electrons. The summed E-state index contributed by atoms with van der Waals surface area (Å²) in [6.07, 6.45) is -9.12. The fourth-order valence-corrected chi connectivity index (χ4v) is 6.78. The van der Waals surface area contributed by atoms with Gasteiger partial charge in [-0.05, 0) is 67.4 Å². The fourth-order valence-electron chi connectivity index (χ4n) is 4.77. The molecular formula is C24H24F6N2O3S2. The van der Waals surface area contributed by atoms with Crippen LogP contribution < -0.4 is 9.04 Å². The molecule has 13 heteroatoms. The van der Waals surface area contributed by atoms with Gasteiger partial charge in [-0.3, -0.25) is 13.8 Å². The lowest BCUT2D eigenvalue weighted by molar-refractivity contribution is -0.274. The Labute approximate surface area is 216 Å². The average molecular weight is 567 g/mol. The highest BCUT2D eigenvalue weighted by Crippen LogP contribution is 2.40. The van der Waals surface area contributed by atoms with E-state index >= 15 is 0 Å². The molecule has 1 aliphatic heterocycles. The number of fused-ring (bicyclic) bond motifs is 1. The number of alkyl halides is 6. The quantitative estimate of drug-likeness (QED) is 0.244. The number of halogens is 6. The van der Waals surface area contributed by atoms with Gasteiger partial charge in [0, 0.05) is 10.7 Å². The molecule has 3 unspecified atom stereocenters. The van der Waals surface area contributed by atoms with E-state index < -0.39 is 41.6 Å². The van der Waals surface area contributed by atoms with Gasteiger partial charge in [0.15, 0.2) is 0 Å². The van der Waals surface area contributed by atoms with Gasteiger partial charge in [-0.1, -0.05) is 30.3 Å². The number of likely N-dealkylation sites (tertiary alicyclic amines) is 1. The molecule has 0 spiro atoms. The molecule has 3 aromatic rings. The van der Waals surface area contributed by atoms with Crippen LogP contribution in [0.15, 0.2) is 48.5 Å². The van der Waals surface area contributed by atoms with Crippen LogP contribution in [-0.2, 0) is 17.7 Å². The summed E-state index contributed by atoms with van der Waals surface area (Å²) in [4.78, 5) is 1.29. The van der Waals surface area contributed by atoms with Crippen molar-refractivity contribution in [3.63, 3.8) is 0 Å². The minimum atomic E-state index is -4.87. The maximum Gasteiger partial charge on any atom is 0.573 e. The summed E-state index contributed by atoms with van der Waals surface area (Å²) in [6.45, 7) is 1.74. The van der Waals surface area contributed by atoms with Crippen molar-refractivity contribution >= 4 is 37.7 Å². The Balaban J connectivity index is 1.67. The number of anilines is 1. The van der Waals surface area contributed by atoms with Crippen molar-refractivity contribution < 1.29 is 39.8 Å². The van der Waals surface area contributed by atoms with E-state index in [1.165, 1.54) is 32.7 Å². The van der Waals surface area contributed by atoms with Crippen molar-refractivity contribution in [2.24, 2.45) is 0 Å². The summed E-state index contributed by atoms with van der Waals surface area (Å²) in [5.41, 5.74) is 1.22. The summed E-state index contributed by atoms with van der Waals surface area (Å²) in [5, 5.41) is 1.35.